The van der Waals surface area contributed by atoms with Crippen LogP contribution in [0.1, 0.15) is 12.8 Å². The molecule has 9 heteroatoms. The number of halogens is 1. The summed E-state index contributed by atoms with van der Waals surface area (Å²) in [5.41, 5.74) is 6.99. The summed E-state index contributed by atoms with van der Waals surface area (Å²) in [5.74, 6) is 1.02. The van der Waals surface area contributed by atoms with Crippen molar-refractivity contribution in [2.45, 2.75) is 24.9 Å². The molecular formula is C28H29FN6O2. The van der Waals surface area contributed by atoms with Gasteiger partial charge in [-0.25, -0.2) is 4.39 Å². The van der Waals surface area contributed by atoms with Gasteiger partial charge in [0.25, 0.3) is 0 Å². The molecule has 1 aliphatic carbocycles. The number of aromatic hydroxyl groups is 1. The summed E-state index contributed by atoms with van der Waals surface area (Å²) in [7, 11) is 2.09. The lowest BCUT2D eigenvalue weighted by molar-refractivity contribution is 0.188. The zero-order valence-electron chi connectivity index (χ0n) is 20.6. The summed E-state index contributed by atoms with van der Waals surface area (Å²) in [4.78, 5) is 18.2. The van der Waals surface area contributed by atoms with Gasteiger partial charge in [0.1, 0.15) is 29.4 Å². The molecule has 190 valence electrons. The second-order valence-corrected chi connectivity index (χ2v) is 10.6. The lowest BCUT2D eigenvalue weighted by Crippen LogP contribution is -2.31. The van der Waals surface area contributed by atoms with Crippen LogP contribution < -0.4 is 15.4 Å². The van der Waals surface area contributed by atoms with Gasteiger partial charge in [-0.2, -0.15) is 9.97 Å². The van der Waals surface area contributed by atoms with Gasteiger partial charge < -0.3 is 25.4 Å². The Balaban J connectivity index is 1.34. The zero-order chi connectivity index (χ0) is 25.3. The number of anilines is 1. The van der Waals surface area contributed by atoms with Crippen LogP contribution in [-0.4, -0.2) is 70.3 Å². The number of hydrogen-bond donors (Lipinski definition) is 2. The number of phenols is 1. The minimum absolute atomic E-state index is 0.0516. The molecule has 7 rings (SSSR count). The van der Waals surface area contributed by atoms with E-state index in [1.165, 1.54) is 0 Å². The summed E-state index contributed by atoms with van der Waals surface area (Å²) in [6.07, 6.45) is 3.82. The smallest absolute Gasteiger partial charge is 0.319 e. The van der Waals surface area contributed by atoms with Crippen molar-refractivity contribution in [2.75, 3.05) is 38.2 Å². The number of rotatable bonds is 5. The summed E-state index contributed by atoms with van der Waals surface area (Å²) in [6, 6.07) is 11.4. The highest BCUT2D eigenvalue weighted by Crippen LogP contribution is 2.46. The van der Waals surface area contributed by atoms with Crippen LogP contribution in [0.2, 0.25) is 0 Å². The van der Waals surface area contributed by atoms with Crippen molar-refractivity contribution in [1.29, 1.82) is 0 Å². The number of nitrogens with two attached hydrogens (primary N) is 1. The van der Waals surface area contributed by atoms with Crippen molar-refractivity contribution in [1.82, 2.24) is 19.9 Å². The molecule has 2 aromatic carbocycles. The molecule has 3 fully saturated rings. The van der Waals surface area contributed by atoms with E-state index < -0.39 is 5.82 Å². The van der Waals surface area contributed by atoms with Gasteiger partial charge >= 0.3 is 6.01 Å². The van der Waals surface area contributed by atoms with Crippen molar-refractivity contribution in [2.24, 2.45) is 17.6 Å². The average molecular weight is 501 g/mol. The third-order valence-electron chi connectivity index (χ3n) is 8.38. The fraction of sp³-hybridized carbons (Fsp3) is 0.393. The molecule has 4 aromatic rings. The van der Waals surface area contributed by atoms with E-state index in [1.54, 1.807) is 18.3 Å². The maximum atomic E-state index is 16.3. The van der Waals surface area contributed by atoms with Gasteiger partial charge in [-0.3, -0.25) is 4.98 Å². The second kappa shape index (κ2) is 8.49. The number of nitrogens with zero attached hydrogens (tertiary/aromatic N) is 5. The summed E-state index contributed by atoms with van der Waals surface area (Å²) >= 11 is 0. The minimum Gasteiger partial charge on any atom is -0.508 e. The summed E-state index contributed by atoms with van der Waals surface area (Å²) < 4.78 is 22.4. The first kappa shape index (κ1) is 22.6. The Hall–Kier alpha value is -3.56. The highest BCUT2D eigenvalue weighted by Gasteiger charge is 2.54. The van der Waals surface area contributed by atoms with Crippen LogP contribution in [0.25, 0.3) is 32.9 Å². The molecule has 0 unspecified atom stereocenters. The molecule has 4 heterocycles. The fourth-order valence-electron chi connectivity index (χ4n) is 6.11. The molecule has 0 radical (unpaired) electrons. The Kier molecular flexibility index (Phi) is 5.19. The molecule has 2 aliphatic heterocycles. The number of ether oxygens (including phenoxy) is 1. The number of pyridine rings is 1. The van der Waals surface area contributed by atoms with Crippen molar-refractivity contribution in [3.63, 3.8) is 0 Å². The Morgan fingerprint density at radius 1 is 1.14 bits per heavy atom. The first-order chi connectivity index (χ1) is 18.0. The number of piperidine rings is 1. The molecule has 3 N–H and O–H groups in total. The van der Waals surface area contributed by atoms with Gasteiger partial charge in [0.15, 0.2) is 5.82 Å². The van der Waals surface area contributed by atoms with E-state index >= 15 is 4.39 Å². The number of aromatic nitrogens is 3. The molecule has 0 bridgehead atoms. The quantitative estimate of drug-likeness (QED) is 0.429. The Morgan fingerprint density at radius 3 is 2.73 bits per heavy atom. The fourth-order valence-corrected chi connectivity index (χ4v) is 6.11. The molecule has 0 amide bonds. The number of likely N-dealkylation sites (N-methyl/N-ethyl adjacent to an activating group) is 1. The lowest BCUT2D eigenvalue weighted by Gasteiger charge is -2.23. The van der Waals surface area contributed by atoms with E-state index in [4.69, 9.17) is 15.5 Å². The van der Waals surface area contributed by atoms with Gasteiger partial charge in [-0.15, -0.1) is 0 Å². The van der Waals surface area contributed by atoms with E-state index in [0.717, 1.165) is 43.2 Å². The van der Waals surface area contributed by atoms with Gasteiger partial charge in [-0.1, -0.05) is 24.3 Å². The normalized spacial score (nSPS) is 25.2. The van der Waals surface area contributed by atoms with Gasteiger partial charge in [-0.05, 0) is 61.2 Å². The van der Waals surface area contributed by atoms with Crippen LogP contribution in [0.4, 0.5) is 10.2 Å². The summed E-state index contributed by atoms with van der Waals surface area (Å²) in [6.45, 7) is 3.05. The maximum absolute atomic E-state index is 16.3. The molecule has 4 atom stereocenters. The van der Waals surface area contributed by atoms with Gasteiger partial charge in [0.2, 0.25) is 0 Å². The number of likely N-dealkylation sites (tertiary alicyclic amines) is 1. The Morgan fingerprint density at radius 2 is 1.95 bits per heavy atom. The molecule has 37 heavy (non-hydrogen) atoms. The van der Waals surface area contributed by atoms with Crippen molar-refractivity contribution in [3.8, 4) is 23.0 Å². The molecule has 8 nitrogen and oxygen atoms in total. The monoisotopic (exact) mass is 500 g/mol. The van der Waals surface area contributed by atoms with Crippen molar-refractivity contribution >= 4 is 27.5 Å². The van der Waals surface area contributed by atoms with E-state index in [0.29, 0.717) is 35.2 Å². The topological polar surface area (TPSA) is 101 Å². The number of phenolic OH excluding ortho intramolecular Hbond substituents is 1. The Labute approximate surface area is 213 Å². The second-order valence-electron chi connectivity index (χ2n) is 10.6. The van der Waals surface area contributed by atoms with Crippen molar-refractivity contribution in [3.05, 3.63) is 48.4 Å². The number of fused-ring (bicyclic) bond motifs is 3. The van der Waals surface area contributed by atoms with Gasteiger partial charge in [0, 0.05) is 36.9 Å². The molecule has 0 spiro atoms. The van der Waals surface area contributed by atoms with Crippen LogP contribution in [0.15, 0.2) is 42.6 Å². The molecule has 1 saturated carbocycles. The predicted octanol–water partition coefficient (Wildman–Crippen LogP) is 3.56. The van der Waals surface area contributed by atoms with Crippen LogP contribution in [-0.2, 0) is 0 Å². The van der Waals surface area contributed by atoms with Crippen molar-refractivity contribution < 1.29 is 14.2 Å². The van der Waals surface area contributed by atoms with Crippen LogP contribution >= 0.6 is 0 Å². The van der Waals surface area contributed by atoms with E-state index in [-0.39, 0.29) is 35.1 Å². The Bertz CT molecular complexity index is 1520. The molecule has 3 aliphatic rings. The minimum atomic E-state index is -0.555. The average Bonchev–Trinajstić information content (AvgIpc) is 3.23. The zero-order valence-corrected chi connectivity index (χ0v) is 20.6. The van der Waals surface area contributed by atoms with Crippen LogP contribution in [0, 0.1) is 17.7 Å². The number of hydrogen-bond acceptors (Lipinski definition) is 8. The molecule has 2 saturated heterocycles. The van der Waals surface area contributed by atoms with Crippen LogP contribution in [0.5, 0.6) is 11.8 Å². The standard InChI is InChI=1S/C28H29FN6O2/c1-34-8-4-6-16(34)14-37-28-32-26-20(27(33-28)35-12-21-22(13-35)24(21)30)11-31-25(23(26)29)19-10-17(36)9-15-5-2-3-7-18(15)19/h2-3,5,7,9-11,16,21-22,24,36H,4,6,8,12-14,30H2,1H3/t16-,21-,22+,24+/m0/s1. The van der Waals surface area contributed by atoms with Gasteiger partial charge in [0.05, 0.1) is 5.39 Å². The summed E-state index contributed by atoms with van der Waals surface area (Å²) in [5, 5.41) is 12.5. The molecule has 2 aromatic heterocycles. The third kappa shape index (κ3) is 3.76. The largest absolute Gasteiger partial charge is 0.508 e. The highest BCUT2D eigenvalue weighted by atomic mass is 19.1. The highest BCUT2D eigenvalue weighted by molar-refractivity contribution is 5.99. The van der Waals surface area contributed by atoms with E-state index in [9.17, 15) is 5.11 Å². The predicted molar refractivity (Wildman–Crippen MR) is 140 cm³/mol. The number of benzene rings is 2. The SMILES string of the molecule is CN1CCC[C@H]1COc1nc(N2C[C@@H]3[C@@H](N)[C@@H]3C2)c2cnc(-c3cc(O)cc4ccccc34)c(F)c2n1. The van der Waals surface area contributed by atoms with E-state index in [1.807, 2.05) is 24.3 Å². The lowest BCUT2D eigenvalue weighted by atomic mass is 10.0. The van der Waals surface area contributed by atoms with E-state index in [2.05, 4.69) is 26.8 Å². The molecular weight excluding hydrogens is 471 g/mol. The first-order valence-electron chi connectivity index (χ1n) is 12.9. The van der Waals surface area contributed by atoms with Crippen LogP contribution in [0.3, 0.4) is 0 Å². The first-order valence-corrected chi connectivity index (χ1v) is 12.9. The maximum Gasteiger partial charge on any atom is 0.319 e. The third-order valence-corrected chi connectivity index (χ3v) is 8.38.